The Kier molecular flexibility index (Phi) is 7.53. The Morgan fingerprint density at radius 3 is 2.16 bits per heavy atom. The lowest BCUT2D eigenvalue weighted by molar-refractivity contribution is -0.139. The first kappa shape index (κ1) is 27.6. The molecule has 1 N–H and O–H groups in total. The zero-order valence-electron chi connectivity index (χ0n) is 19.8. The molecular weight excluding hydrogens is 538 g/mol. The van der Waals surface area contributed by atoms with Gasteiger partial charge in [-0.05, 0) is 55.9 Å². The van der Waals surface area contributed by atoms with Crippen LogP contribution in [0.4, 0.5) is 32.0 Å². The summed E-state index contributed by atoms with van der Waals surface area (Å²) >= 11 is 0. The molecule has 38 heavy (non-hydrogen) atoms. The summed E-state index contributed by atoms with van der Waals surface area (Å²) in [4.78, 5) is 1.11. The average Bonchev–Trinajstić information content (AvgIpc) is 3.22. The van der Waals surface area contributed by atoms with Crippen molar-refractivity contribution in [3.05, 3.63) is 77.9 Å². The van der Waals surface area contributed by atoms with Gasteiger partial charge in [-0.25, -0.2) is 8.42 Å². The van der Waals surface area contributed by atoms with Crippen molar-refractivity contribution in [2.75, 3.05) is 24.9 Å². The van der Waals surface area contributed by atoms with E-state index >= 15 is 0 Å². The Hall–Kier alpha value is -3.45. The molecule has 1 saturated heterocycles. The van der Waals surface area contributed by atoms with Crippen molar-refractivity contribution in [1.82, 2.24) is 4.90 Å². The Morgan fingerprint density at radius 2 is 1.55 bits per heavy atom. The van der Waals surface area contributed by atoms with Crippen molar-refractivity contribution in [2.45, 2.75) is 29.8 Å². The third kappa shape index (κ3) is 6.51. The van der Waals surface area contributed by atoms with E-state index in [9.17, 15) is 34.8 Å². The fourth-order valence-electron chi connectivity index (χ4n) is 3.90. The molecule has 1 aliphatic heterocycles. The van der Waals surface area contributed by atoms with Crippen LogP contribution in [0.1, 0.15) is 17.5 Å². The van der Waals surface area contributed by atoms with E-state index in [-0.39, 0.29) is 11.4 Å². The summed E-state index contributed by atoms with van der Waals surface area (Å²) < 4.78 is 121. The van der Waals surface area contributed by atoms with Crippen molar-refractivity contribution in [1.29, 1.82) is 0 Å². The first-order valence-corrected chi connectivity index (χ1v) is 12.7. The second kappa shape index (κ2) is 10.4. The topological polar surface area (TPSA) is 67.9 Å². The molecule has 1 aliphatic rings. The molecule has 1 fully saturated rings. The minimum atomic E-state index is -4.96. The fraction of sp³-hybridized carbons (Fsp3) is 0.280. The predicted molar refractivity (Wildman–Crippen MR) is 127 cm³/mol. The molecule has 0 saturated carbocycles. The van der Waals surface area contributed by atoms with Crippen molar-refractivity contribution >= 4 is 15.7 Å². The number of nitrogens with one attached hydrogen (secondary N) is 1. The number of nitrogens with zero attached hydrogens (tertiary/aromatic N) is 1. The summed E-state index contributed by atoms with van der Waals surface area (Å²) in [6, 6.07) is 12.2. The van der Waals surface area contributed by atoms with Gasteiger partial charge in [0.15, 0.2) is 0 Å². The van der Waals surface area contributed by atoms with Crippen molar-refractivity contribution in [3.8, 4) is 17.2 Å². The van der Waals surface area contributed by atoms with Gasteiger partial charge < -0.3 is 14.4 Å². The number of hydrogen-bond donors (Lipinski definition) is 1. The number of alkyl halides is 6. The van der Waals surface area contributed by atoms with Crippen LogP contribution in [0.15, 0.2) is 71.6 Å². The molecule has 1 atom stereocenters. The van der Waals surface area contributed by atoms with Gasteiger partial charge in [0.2, 0.25) is 0 Å². The third-order valence-corrected chi connectivity index (χ3v) is 7.10. The largest absolute Gasteiger partial charge is 0.488 e. The molecule has 1 heterocycles. The predicted octanol–water partition coefficient (Wildman–Crippen LogP) is 6.40. The molecule has 0 unspecified atom stereocenters. The summed E-state index contributed by atoms with van der Waals surface area (Å²) in [7, 11) is -2.86. The minimum absolute atomic E-state index is 0.109. The highest BCUT2D eigenvalue weighted by molar-refractivity contribution is 7.92. The van der Waals surface area contributed by atoms with E-state index in [2.05, 4.69) is 0 Å². The molecule has 0 spiro atoms. The molecule has 0 amide bonds. The number of para-hydroxylation sites is 1. The molecule has 3 aromatic carbocycles. The second-order valence-corrected chi connectivity index (χ2v) is 10.4. The van der Waals surface area contributed by atoms with Gasteiger partial charge in [-0.2, -0.15) is 26.3 Å². The summed E-state index contributed by atoms with van der Waals surface area (Å²) in [6.07, 6.45) is -9.80. The minimum Gasteiger partial charge on any atom is -0.488 e. The van der Waals surface area contributed by atoms with E-state index in [1.807, 2.05) is 9.62 Å². The highest BCUT2D eigenvalue weighted by Crippen LogP contribution is 2.41. The van der Waals surface area contributed by atoms with Crippen LogP contribution in [0.5, 0.6) is 17.2 Å². The Balaban J connectivity index is 1.64. The smallest absolute Gasteiger partial charge is 0.420 e. The summed E-state index contributed by atoms with van der Waals surface area (Å²) in [6.45, 7) is 0.995. The quantitative estimate of drug-likeness (QED) is 0.339. The molecule has 204 valence electrons. The van der Waals surface area contributed by atoms with E-state index in [0.717, 1.165) is 24.3 Å². The number of likely N-dealkylation sites (N-methyl/N-ethyl adjacent to an activating group) is 1. The summed E-state index contributed by atoms with van der Waals surface area (Å²) in [5, 5.41) is 0. The molecule has 0 radical (unpaired) electrons. The van der Waals surface area contributed by atoms with Crippen molar-refractivity contribution < 1.29 is 44.2 Å². The summed E-state index contributed by atoms with van der Waals surface area (Å²) in [5.41, 5.74) is -2.75. The van der Waals surface area contributed by atoms with Gasteiger partial charge in [-0.1, -0.05) is 18.2 Å². The Morgan fingerprint density at radius 1 is 0.868 bits per heavy atom. The lowest BCUT2D eigenvalue weighted by Gasteiger charge is -2.20. The molecule has 3 aromatic rings. The van der Waals surface area contributed by atoms with Crippen LogP contribution in [-0.4, -0.2) is 39.6 Å². The number of likely N-dealkylation sites (tertiary alicyclic amines) is 1. The average molecular weight is 561 g/mol. The second-order valence-electron chi connectivity index (χ2n) is 8.68. The Bertz CT molecular complexity index is 1400. The van der Waals surface area contributed by atoms with E-state index in [1.54, 1.807) is 25.2 Å². The fourth-order valence-corrected chi connectivity index (χ4v) is 4.98. The van der Waals surface area contributed by atoms with Gasteiger partial charge in [0, 0.05) is 19.2 Å². The van der Waals surface area contributed by atoms with Gasteiger partial charge in [0.25, 0.3) is 10.0 Å². The number of anilines is 1. The van der Waals surface area contributed by atoms with Crippen LogP contribution in [0.3, 0.4) is 0 Å². The van der Waals surface area contributed by atoms with Crippen LogP contribution >= 0.6 is 0 Å². The van der Waals surface area contributed by atoms with E-state index in [4.69, 9.17) is 9.47 Å². The Labute approximate surface area is 214 Å². The van der Waals surface area contributed by atoms with Gasteiger partial charge in [0.1, 0.15) is 23.4 Å². The maximum Gasteiger partial charge on any atom is 0.420 e. The van der Waals surface area contributed by atoms with Crippen LogP contribution < -0.4 is 14.2 Å². The van der Waals surface area contributed by atoms with Crippen LogP contribution in [0, 0.1) is 0 Å². The SMILES string of the molecule is CN1CC[C@@H](Oc2cc(NS(=O)(=O)c3ccc(Oc4ccccc4)c(C(F)(F)F)c3)ccc2C(F)(F)F)C1. The van der Waals surface area contributed by atoms with E-state index < -0.39 is 56.0 Å². The van der Waals surface area contributed by atoms with Gasteiger partial charge in [-0.3, -0.25) is 4.72 Å². The number of rotatable bonds is 7. The van der Waals surface area contributed by atoms with Crippen LogP contribution in [0.25, 0.3) is 0 Å². The normalized spacial score (nSPS) is 16.9. The maximum atomic E-state index is 13.8. The zero-order chi connectivity index (χ0) is 27.7. The van der Waals surface area contributed by atoms with Crippen LogP contribution in [-0.2, 0) is 22.4 Å². The highest BCUT2D eigenvalue weighted by atomic mass is 32.2. The number of halogens is 6. The summed E-state index contributed by atoms with van der Waals surface area (Å²) in [5.74, 6) is -1.09. The maximum absolute atomic E-state index is 13.8. The lowest BCUT2D eigenvalue weighted by Crippen LogP contribution is -2.23. The van der Waals surface area contributed by atoms with Gasteiger partial charge >= 0.3 is 12.4 Å². The van der Waals surface area contributed by atoms with E-state index in [0.29, 0.717) is 31.6 Å². The first-order chi connectivity index (χ1) is 17.7. The molecule has 0 aliphatic carbocycles. The third-order valence-electron chi connectivity index (χ3n) is 5.72. The van der Waals surface area contributed by atoms with Crippen LogP contribution in [0.2, 0.25) is 0 Å². The monoisotopic (exact) mass is 560 g/mol. The molecule has 13 heteroatoms. The molecular formula is C25H22F6N2O4S. The lowest BCUT2D eigenvalue weighted by atomic mass is 10.1. The molecule has 0 aromatic heterocycles. The number of benzene rings is 3. The zero-order valence-corrected chi connectivity index (χ0v) is 20.6. The number of sulfonamides is 1. The highest BCUT2D eigenvalue weighted by Gasteiger charge is 2.37. The van der Waals surface area contributed by atoms with Gasteiger partial charge in [0.05, 0.1) is 21.7 Å². The standard InChI is InChI=1S/C25H22F6N2O4S/c1-33-12-11-18(15-33)37-23-13-16(7-9-20(23)24(26,27)28)32-38(34,35)19-8-10-22(21(14-19)25(29,30)31)36-17-5-3-2-4-6-17/h2-10,13-14,18,32H,11-12,15H2,1H3/t18-/m1/s1. The number of hydrogen-bond acceptors (Lipinski definition) is 5. The van der Waals surface area contributed by atoms with E-state index in [1.165, 1.54) is 12.1 Å². The molecule has 6 nitrogen and oxygen atoms in total. The van der Waals surface area contributed by atoms with Crippen molar-refractivity contribution in [2.24, 2.45) is 0 Å². The molecule has 0 bridgehead atoms. The first-order valence-electron chi connectivity index (χ1n) is 11.3. The molecule has 4 rings (SSSR count). The number of ether oxygens (including phenoxy) is 2. The van der Waals surface area contributed by atoms with Crippen molar-refractivity contribution in [3.63, 3.8) is 0 Å². The van der Waals surface area contributed by atoms with Gasteiger partial charge in [-0.15, -0.1) is 0 Å².